The summed E-state index contributed by atoms with van der Waals surface area (Å²) in [5, 5.41) is 9.27. The summed E-state index contributed by atoms with van der Waals surface area (Å²) < 4.78 is 0. The minimum Gasteiger partial charge on any atom is -0.481 e. The molecule has 37 heavy (non-hydrogen) atoms. The molecule has 0 saturated heterocycles. The lowest BCUT2D eigenvalue weighted by atomic mass is 10.0. The molecule has 1 unspecified atom stereocenters. The van der Waals surface area contributed by atoms with Gasteiger partial charge in [0.1, 0.15) is 0 Å². The zero-order valence-corrected chi connectivity index (χ0v) is 25.9. The Morgan fingerprint density at radius 1 is 0.486 bits per heavy atom. The van der Waals surface area contributed by atoms with Gasteiger partial charge in [-0.3, -0.25) is 4.79 Å². The number of aliphatic carboxylic acids is 1. The first kappa shape index (κ1) is 36.4. The molecule has 1 N–H and O–H groups in total. The van der Waals surface area contributed by atoms with Crippen LogP contribution in [0.15, 0.2) is 0 Å². The van der Waals surface area contributed by atoms with Gasteiger partial charge < -0.3 is 10.0 Å². The minimum absolute atomic E-state index is 0.159. The molecule has 0 aliphatic rings. The number of nitrogens with zero attached hydrogens (tertiary/aromatic N) is 1. The molecule has 0 rings (SSSR count). The predicted molar refractivity (Wildman–Crippen MR) is 165 cm³/mol. The molecule has 0 amide bonds. The van der Waals surface area contributed by atoms with Gasteiger partial charge in [0.15, 0.2) is 0 Å². The van der Waals surface area contributed by atoms with Crippen LogP contribution in [0.4, 0.5) is 0 Å². The molecule has 0 aliphatic carbocycles. The average Bonchev–Trinajstić information content (AvgIpc) is 2.87. The molecule has 0 radical (unpaired) electrons. The predicted octanol–water partition coefficient (Wildman–Crippen LogP) is 11.3. The van der Waals surface area contributed by atoms with Gasteiger partial charge in [-0.15, -0.1) is 0 Å². The third-order valence-corrected chi connectivity index (χ3v) is 8.19. The zero-order valence-electron chi connectivity index (χ0n) is 25.9. The van der Waals surface area contributed by atoms with Crippen molar-refractivity contribution in [1.29, 1.82) is 0 Å². The maximum Gasteiger partial charge on any atom is 0.304 e. The van der Waals surface area contributed by atoms with Crippen LogP contribution in [0, 0.1) is 0 Å². The first-order valence-corrected chi connectivity index (χ1v) is 17.1. The molecular formula is C34H69NO2. The molecule has 3 heteroatoms. The Labute approximate surface area is 233 Å². The maximum atomic E-state index is 11.3. The van der Waals surface area contributed by atoms with Crippen molar-refractivity contribution in [1.82, 2.24) is 4.90 Å². The van der Waals surface area contributed by atoms with Crippen LogP contribution in [0.5, 0.6) is 0 Å². The van der Waals surface area contributed by atoms with Crippen LogP contribution in [-0.2, 0) is 4.79 Å². The van der Waals surface area contributed by atoms with E-state index in [1.54, 1.807) is 0 Å². The second kappa shape index (κ2) is 30.0. The summed E-state index contributed by atoms with van der Waals surface area (Å²) >= 11 is 0. The lowest BCUT2D eigenvalue weighted by molar-refractivity contribution is -0.138. The smallest absolute Gasteiger partial charge is 0.304 e. The largest absolute Gasteiger partial charge is 0.481 e. The second-order valence-corrected chi connectivity index (χ2v) is 12.0. The van der Waals surface area contributed by atoms with Crippen molar-refractivity contribution >= 4 is 5.97 Å². The zero-order chi connectivity index (χ0) is 27.2. The minimum atomic E-state index is -0.659. The van der Waals surface area contributed by atoms with E-state index in [0.29, 0.717) is 0 Å². The number of carboxylic acid groups (broad SMARTS) is 1. The summed E-state index contributed by atoms with van der Waals surface area (Å²) in [6, 6.07) is 0.159. The van der Waals surface area contributed by atoms with Gasteiger partial charge in [-0.1, -0.05) is 168 Å². The van der Waals surface area contributed by atoms with E-state index in [-0.39, 0.29) is 12.5 Å². The Balaban J connectivity index is 3.74. The van der Waals surface area contributed by atoms with Crippen LogP contribution in [-0.4, -0.2) is 35.1 Å². The Bertz CT molecular complexity index is 423. The molecular weight excluding hydrogens is 454 g/mol. The number of carbonyl (C=O) groups is 1. The van der Waals surface area contributed by atoms with Gasteiger partial charge in [0.05, 0.1) is 6.42 Å². The molecule has 0 aromatic carbocycles. The number of hydrogen-bond donors (Lipinski definition) is 1. The normalized spacial score (nSPS) is 12.4. The fraction of sp³-hybridized carbons (Fsp3) is 0.971. The second-order valence-electron chi connectivity index (χ2n) is 12.0. The molecule has 1 atom stereocenters. The summed E-state index contributed by atoms with van der Waals surface area (Å²) in [6.07, 6.45) is 36.2. The summed E-state index contributed by atoms with van der Waals surface area (Å²) in [6.45, 7) is 8.83. The summed E-state index contributed by atoms with van der Waals surface area (Å²) in [5.74, 6) is -0.659. The van der Waals surface area contributed by atoms with Crippen LogP contribution in [0.3, 0.4) is 0 Å². The lowest BCUT2D eigenvalue weighted by Gasteiger charge is -2.28. The molecule has 0 aromatic heterocycles. The summed E-state index contributed by atoms with van der Waals surface area (Å²) in [5.41, 5.74) is 0. The maximum absolute atomic E-state index is 11.3. The Morgan fingerprint density at radius 3 is 0.973 bits per heavy atom. The van der Waals surface area contributed by atoms with Crippen molar-refractivity contribution < 1.29 is 9.90 Å². The summed E-state index contributed by atoms with van der Waals surface area (Å²) in [7, 11) is 0. The van der Waals surface area contributed by atoms with E-state index in [2.05, 4.69) is 25.7 Å². The first-order chi connectivity index (χ1) is 18.1. The van der Waals surface area contributed by atoms with Gasteiger partial charge in [-0.25, -0.2) is 0 Å². The van der Waals surface area contributed by atoms with Gasteiger partial charge in [0.2, 0.25) is 0 Å². The van der Waals surface area contributed by atoms with Crippen LogP contribution < -0.4 is 0 Å². The van der Waals surface area contributed by atoms with Gasteiger partial charge in [-0.05, 0) is 32.9 Å². The van der Waals surface area contributed by atoms with Crippen molar-refractivity contribution in [2.75, 3.05) is 13.1 Å². The van der Waals surface area contributed by atoms with Gasteiger partial charge >= 0.3 is 5.97 Å². The molecule has 222 valence electrons. The fourth-order valence-corrected chi connectivity index (χ4v) is 5.60. The summed E-state index contributed by atoms with van der Waals surface area (Å²) in [4.78, 5) is 13.7. The average molecular weight is 524 g/mol. The van der Waals surface area contributed by atoms with Crippen LogP contribution >= 0.6 is 0 Å². The SMILES string of the molecule is CCCCCCCCCCCCCCCN(CCCCCCCCCCCCCCC)C(C)CC(=O)O. The van der Waals surface area contributed by atoms with E-state index >= 15 is 0 Å². The highest BCUT2D eigenvalue weighted by molar-refractivity contribution is 5.67. The lowest BCUT2D eigenvalue weighted by Crippen LogP contribution is -2.36. The van der Waals surface area contributed by atoms with E-state index in [1.807, 2.05) is 0 Å². The van der Waals surface area contributed by atoms with E-state index in [9.17, 15) is 9.90 Å². The van der Waals surface area contributed by atoms with E-state index in [0.717, 1.165) is 13.1 Å². The quantitative estimate of drug-likeness (QED) is 0.0918. The van der Waals surface area contributed by atoms with E-state index in [1.165, 1.54) is 167 Å². The Kier molecular flexibility index (Phi) is 29.5. The molecule has 0 aromatic rings. The highest BCUT2D eigenvalue weighted by Gasteiger charge is 2.16. The number of rotatable bonds is 31. The molecule has 0 aliphatic heterocycles. The fourth-order valence-electron chi connectivity index (χ4n) is 5.60. The van der Waals surface area contributed by atoms with Crippen LogP contribution in [0.2, 0.25) is 0 Å². The molecule has 0 saturated carbocycles. The van der Waals surface area contributed by atoms with E-state index in [4.69, 9.17) is 0 Å². The number of unbranched alkanes of at least 4 members (excludes halogenated alkanes) is 24. The molecule has 0 fully saturated rings. The van der Waals surface area contributed by atoms with Crippen molar-refractivity contribution in [3.63, 3.8) is 0 Å². The third kappa shape index (κ3) is 28.3. The van der Waals surface area contributed by atoms with E-state index < -0.39 is 5.97 Å². The first-order valence-electron chi connectivity index (χ1n) is 17.1. The molecule has 0 spiro atoms. The Hall–Kier alpha value is -0.570. The highest BCUT2D eigenvalue weighted by atomic mass is 16.4. The monoisotopic (exact) mass is 524 g/mol. The topological polar surface area (TPSA) is 40.5 Å². The van der Waals surface area contributed by atoms with Crippen LogP contribution in [0.25, 0.3) is 0 Å². The standard InChI is InChI=1S/C34H69NO2/c1-4-6-8-10-12-14-16-18-20-22-24-26-28-30-35(33(3)32-34(36)37)31-29-27-25-23-21-19-17-15-13-11-9-7-5-2/h33H,4-32H2,1-3H3,(H,36,37). The van der Waals surface area contributed by atoms with Crippen molar-refractivity contribution in [2.45, 2.75) is 200 Å². The highest BCUT2D eigenvalue weighted by Crippen LogP contribution is 2.16. The van der Waals surface area contributed by atoms with Gasteiger partial charge in [0.25, 0.3) is 0 Å². The number of hydrogen-bond acceptors (Lipinski definition) is 2. The Morgan fingerprint density at radius 2 is 0.730 bits per heavy atom. The van der Waals surface area contributed by atoms with Gasteiger partial charge in [0, 0.05) is 6.04 Å². The molecule has 3 nitrogen and oxygen atoms in total. The van der Waals surface area contributed by atoms with Crippen molar-refractivity contribution in [2.24, 2.45) is 0 Å². The molecule has 0 heterocycles. The number of carboxylic acids is 1. The van der Waals surface area contributed by atoms with Crippen molar-refractivity contribution in [3.8, 4) is 0 Å². The third-order valence-electron chi connectivity index (χ3n) is 8.19. The van der Waals surface area contributed by atoms with Crippen LogP contribution in [0.1, 0.15) is 194 Å². The van der Waals surface area contributed by atoms with Crippen molar-refractivity contribution in [3.05, 3.63) is 0 Å². The van der Waals surface area contributed by atoms with Gasteiger partial charge in [-0.2, -0.15) is 0 Å². The molecule has 0 bridgehead atoms.